The maximum absolute atomic E-state index is 10.4. The Morgan fingerprint density at radius 3 is 2.30 bits per heavy atom. The van der Waals surface area contributed by atoms with Gasteiger partial charge in [0.15, 0.2) is 0 Å². The van der Waals surface area contributed by atoms with Crippen molar-refractivity contribution in [2.75, 3.05) is 32.7 Å². The van der Waals surface area contributed by atoms with Crippen LogP contribution in [0.15, 0.2) is 30.3 Å². The van der Waals surface area contributed by atoms with Gasteiger partial charge in [0, 0.05) is 39.1 Å². The van der Waals surface area contributed by atoms with Gasteiger partial charge in [0.1, 0.15) is 0 Å². The molecule has 110 valence electrons. The minimum atomic E-state index is -0.683. The normalized spacial score (nSPS) is 17.2. The quantitative estimate of drug-likeness (QED) is 0.774. The zero-order valence-corrected chi connectivity index (χ0v) is 12.0. The molecule has 1 heterocycles. The number of carbonyl (C=O) groups is 1. The number of aliphatic carboxylic acids is 1. The predicted molar refractivity (Wildman–Crippen MR) is 79.6 cm³/mol. The molecule has 0 spiro atoms. The van der Waals surface area contributed by atoms with Crippen LogP contribution in [-0.4, -0.2) is 53.6 Å². The molecule has 2 rings (SSSR count). The molecule has 0 unspecified atom stereocenters. The summed E-state index contributed by atoms with van der Waals surface area (Å²) in [5, 5.41) is 8.61. The summed E-state index contributed by atoms with van der Waals surface area (Å²) in [6.45, 7) is 6.47. The lowest BCUT2D eigenvalue weighted by atomic mass is 10.2. The van der Waals surface area contributed by atoms with Crippen molar-refractivity contribution in [1.29, 1.82) is 0 Å². The highest BCUT2D eigenvalue weighted by molar-refractivity contribution is 5.66. The largest absolute Gasteiger partial charge is 0.481 e. The first-order valence-corrected chi connectivity index (χ1v) is 7.44. The molecule has 1 aliphatic rings. The molecule has 0 aromatic heterocycles. The van der Waals surface area contributed by atoms with Crippen molar-refractivity contribution in [2.45, 2.75) is 25.8 Å². The van der Waals surface area contributed by atoms with Gasteiger partial charge in [-0.3, -0.25) is 9.69 Å². The van der Waals surface area contributed by atoms with Gasteiger partial charge in [0.25, 0.3) is 0 Å². The fourth-order valence-electron chi connectivity index (χ4n) is 2.62. The van der Waals surface area contributed by atoms with E-state index in [0.29, 0.717) is 6.42 Å². The molecule has 0 atom stereocenters. The molecule has 4 nitrogen and oxygen atoms in total. The second kappa shape index (κ2) is 8.02. The summed E-state index contributed by atoms with van der Waals surface area (Å²) in [5.41, 5.74) is 1.38. The molecule has 0 amide bonds. The zero-order chi connectivity index (χ0) is 14.2. The molecule has 1 aromatic carbocycles. The highest BCUT2D eigenvalue weighted by Crippen LogP contribution is 2.09. The van der Waals surface area contributed by atoms with Crippen LogP contribution in [0.4, 0.5) is 0 Å². The van der Waals surface area contributed by atoms with Crippen LogP contribution in [0.1, 0.15) is 24.8 Å². The van der Waals surface area contributed by atoms with E-state index in [2.05, 4.69) is 40.1 Å². The molecule has 4 heteroatoms. The number of carboxylic acids is 1. The third kappa shape index (κ3) is 5.31. The van der Waals surface area contributed by atoms with Crippen molar-refractivity contribution < 1.29 is 9.90 Å². The Kier molecular flexibility index (Phi) is 6.02. The summed E-state index contributed by atoms with van der Waals surface area (Å²) in [5.74, 6) is -0.683. The van der Waals surface area contributed by atoms with Crippen molar-refractivity contribution >= 4 is 5.97 Å². The molecular weight excluding hydrogens is 252 g/mol. The monoisotopic (exact) mass is 276 g/mol. The van der Waals surface area contributed by atoms with Gasteiger partial charge in [0.05, 0.1) is 0 Å². The highest BCUT2D eigenvalue weighted by Gasteiger charge is 2.16. The summed E-state index contributed by atoms with van der Waals surface area (Å²) >= 11 is 0. The van der Waals surface area contributed by atoms with E-state index in [0.717, 1.165) is 52.1 Å². The smallest absolute Gasteiger partial charge is 0.303 e. The van der Waals surface area contributed by atoms with Gasteiger partial charge < -0.3 is 10.0 Å². The minimum absolute atomic E-state index is 0.300. The molecule has 1 saturated heterocycles. The molecule has 1 aliphatic heterocycles. The van der Waals surface area contributed by atoms with Crippen LogP contribution in [-0.2, 0) is 11.3 Å². The van der Waals surface area contributed by atoms with Gasteiger partial charge in [-0.2, -0.15) is 0 Å². The first kappa shape index (κ1) is 15.0. The number of nitrogens with zero attached hydrogens (tertiary/aromatic N) is 2. The van der Waals surface area contributed by atoms with E-state index >= 15 is 0 Å². The number of hydrogen-bond acceptors (Lipinski definition) is 3. The molecule has 0 radical (unpaired) electrons. The Balaban J connectivity index is 1.61. The average Bonchev–Trinajstić information content (AvgIpc) is 2.46. The van der Waals surface area contributed by atoms with Crippen LogP contribution in [0.25, 0.3) is 0 Å². The Morgan fingerprint density at radius 2 is 1.65 bits per heavy atom. The van der Waals surface area contributed by atoms with Crippen LogP contribution in [0, 0.1) is 0 Å². The summed E-state index contributed by atoms with van der Waals surface area (Å²) in [6.07, 6.45) is 2.08. The van der Waals surface area contributed by atoms with Gasteiger partial charge in [-0.25, -0.2) is 0 Å². The van der Waals surface area contributed by atoms with E-state index in [4.69, 9.17) is 5.11 Å². The van der Waals surface area contributed by atoms with Crippen molar-refractivity contribution in [1.82, 2.24) is 9.80 Å². The Bertz CT molecular complexity index is 400. The van der Waals surface area contributed by atoms with Crippen LogP contribution >= 0.6 is 0 Å². The van der Waals surface area contributed by atoms with Crippen LogP contribution in [0.3, 0.4) is 0 Å². The molecule has 1 aromatic rings. The van der Waals surface area contributed by atoms with E-state index in [1.165, 1.54) is 5.56 Å². The predicted octanol–water partition coefficient (Wildman–Crippen LogP) is 2.06. The summed E-state index contributed by atoms with van der Waals surface area (Å²) in [4.78, 5) is 15.4. The van der Waals surface area contributed by atoms with Gasteiger partial charge in [-0.05, 0) is 24.9 Å². The van der Waals surface area contributed by atoms with E-state index in [-0.39, 0.29) is 0 Å². The van der Waals surface area contributed by atoms with Crippen LogP contribution in [0.2, 0.25) is 0 Å². The fraction of sp³-hybridized carbons (Fsp3) is 0.562. The standard InChI is InChI=1S/C16H24N2O2/c19-16(20)8-4-5-9-17-10-12-18(13-11-17)14-15-6-2-1-3-7-15/h1-3,6-7H,4-5,8-14H2,(H,19,20). The maximum Gasteiger partial charge on any atom is 0.303 e. The maximum atomic E-state index is 10.4. The number of benzene rings is 1. The second-order valence-electron chi connectivity index (χ2n) is 5.45. The topological polar surface area (TPSA) is 43.8 Å². The van der Waals surface area contributed by atoms with Gasteiger partial charge in [0.2, 0.25) is 0 Å². The third-order valence-electron chi connectivity index (χ3n) is 3.83. The number of rotatable bonds is 7. The second-order valence-corrected chi connectivity index (χ2v) is 5.45. The molecule has 0 bridgehead atoms. The average molecular weight is 276 g/mol. The summed E-state index contributed by atoms with van der Waals surface area (Å²) in [7, 11) is 0. The third-order valence-corrected chi connectivity index (χ3v) is 3.83. The van der Waals surface area contributed by atoms with Crippen molar-refractivity contribution in [3.05, 3.63) is 35.9 Å². The summed E-state index contributed by atoms with van der Waals surface area (Å²) < 4.78 is 0. The lowest BCUT2D eigenvalue weighted by molar-refractivity contribution is -0.137. The van der Waals surface area contributed by atoms with Crippen LogP contribution < -0.4 is 0 Å². The van der Waals surface area contributed by atoms with E-state index in [1.54, 1.807) is 0 Å². The zero-order valence-electron chi connectivity index (χ0n) is 12.0. The van der Waals surface area contributed by atoms with Crippen LogP contribution in [0.5, 0.6) is 0 Å². The first-order valence-electron chi connectivity index (χ1n) is 7.44. The molecule has 0 saturated carbocycles. The van der Waals surface area contributed by atoms with Gasteiger partial charge in [-0.15, -0.1) is 0 Å². The summed E-state index contributed by atoms with van der Waals surface area (Å²) in [6, 6.07) is 10.6. The minimum Gasteiger partial charge on any atom is -0.481 e. The van der Waals surface area contributed by atoms with Gasteiger partial charge in [-0.1, -0.05) is 30.3 Å². The first-order chi connectivity index (χ1) is 9.74. The van der Waals surface area contributed by atoms with Crippen molar-refractivity contribution in [2.24, 2.45) is 0 Å². The van der Waals surface area contributed by atoms with E-state index in [9.17, 15) is 4.79 Å². The van der Waals surface area contributed by atoms with Crippen molar-refractivity contribution in [3.63, 3.8) is 0 Å². The molecule has 1 fully saturated rings. The number of piperazine rings is 1. The fourth-order valence-corrected chi connectivity index (χ4v) is 2.62. The van der Waals surface area contributed by atoms with E-state index < -0.39 is 5.97 Å². The lowest BCUT2D eigenvalue weighted by Crippen LogP contribution is -2.46. The molecule has 20 heavy (non-hydrogen) atoms. The molecule has 0 aliphatic carbocycles. The van der Waals surface area contributed by atoms with Gasteiger partial charge >= 0.3 is 5.97 Å². The highest BCUT2D eigenvalue weighted by atomic mass is 16.4. The van der Waals surface area contributed by atoms with E-state index in [1.807, 2.05) is 0 Å². The number of hydrogen-bond donors (Lipinski definition) is 1. The Hall–Kier alpha value is -1.39. The number of unbranched alkanes of at least 4 members (excludes halogenated alkanes) is 1. The molecular formula is C16H24N2O2. The Labute approximate surface area is 121 Å². The van der Waals surface area contributed by atoms with Crippen molar-refractivity contribution in [3.8, 4) is 0 Å². The molecule has 1 N–H and O–H groups in total. The number of carboxylic acid groups (broad SMARTS) is 1. The SMILES string of the molecule is O=C(O)CCCCN1CCN(Cc2ccccc2)CC1. The lowest BCUT2D eigenvalue weighted by Gasteiger charge is -2.34. The Morgan fingerprint density at radius 1 is 1.00 bits per heavy atom.